The van der Waals surface area contributed by atoms with Gasteiger partial charge in [-0.15, -0.1) is 0 Å². The van der Waals surface area contributed by atoms with Crippen LogP contribution in [0.15, 0.2) is 12.4 Å². The zero-order valence-electron chi connectivity index (χ0n) is 11.0. The highest BCUT2D eigenvalue weighted by Gasteiger charge is 2.26. The summed E-state index contributed by atoms with van der Waals surface area (Å²) in [5.41, 5.74) is 0.188. The normalized spacial score (nSPS) is 11.8. The van der Waals surface area contributed by atoms with Gasteiger partial charge in [-0.1, -0.05) is 0 Å². The summed E-state index contributed by atoms with van der Waals surface area (Å²) in [6, 6.07) is 0. The summed E-state index contributed by atoms with van der Waals surface area (Å²) in [6.07, 6.45) is -3.04. The molecule has 1 N–H and O–H groups in total. The van der Waals surface area contributed by atoms with Gasteiger partial charge in [-0.3, -0.25) is 4.68 Å². The number of alkyl halides is 3. The van der Waals surface area contributed by atoms with Gasteiger partial charge < -0.3 is 9.84 Å². The number of aryl methyl sites for hydroxylation is 1. The number of aromatic carboxylic acids is 1. The number of carboxylic acids is 1. The molecule has 9 heteroatoms. The number of hydrogen-bond acceptors (Lipinski definition) is 4. The van der Waals surface area contributed by atoms with Gasteiger partial charge in [0, 0.05) is 19.7 Å². The highest BCUT2D eigenvalue weighted by Crippen LogP contribution is 2.29. The molecule has 0 radical (unpaired) electrons. The summed E-state index contributed by atoms with van der Waals surface area (Å²) in [5.74, 6) is -1.28. The lowest BCUT2D eigenvalue weighted by molar-refractivity contribution is -0.136. The zero-order valence-corrected chi connectivity index (χ0v) is 11.0. The number of rotatable bonds is 5. The molecule has 0 unspecified atom stereocenters. The molecular weight excluding hydrogens is 291 g/mol. The Morgan fingerprint density at radius 1 is 1.43 bits per heavy atom. The second-order valence-electron chi connectivity index (χ2n) is 4.38. The fraction of sp³-hybridized carbons (Fsp3) is 0.417. The third-order valence-corrected chi connectivity index (χ3v) is 2.79. The number of nitrogens with zero attached hydrogens (tertiary/aromatic N) is 3. The van der Waals surface area contributed by atoms with E-state index in [1.807, 2.05) is 0 Å². The predicted octanol–water partition coefficient (Wildman–Crippen LogP) is 2.39. The van der Waals surface area contributed by atoms with Crippen molar-refractivity contribution in [2.45, 2.75) is 19.0 Å². The lowest BCUT2D eigenvalue weighted by Gasteiger charge is -2.11. The minimum Gasteiger partial charge on any atom is -0.492 e. The minimum absolute atomic E-state index is 0.0113. The largest absolute Gasteiger partial charge is 0.492 e. The molecule has 0 aliphatic carbocycles. The smallest absolute Gasteiger partial charge is 0.389 e. The topological polar surface area (TPSA) is 77.2 Å². The summed E-state index contributed by atoms with van der Waals surface area (Å²) in [4.78, 5) is 15.1. The quantitative estimate of drug-likeness (QED) is 0.858. The molecule has 0 amide bonds. The maximum Gasteiger partial charge on any atom is 0.389 e. The van der Waals surface area contributed by atoms with Crippen LogP contribution in [-0.2, 0) is 7.05 Å². The van der Waals surface area contributed by atoms with Crippen LogP contribution in [0.2, 0.25) is 0 Å². The lowest BCUT2D eigenvalue weighted by atomic mass is 10.2. The predicted molar refractivity (Wildman–Crippen MR) is 66.3 cm³/mol. The van der Waals surface area contributed by atoms with E-state index in [9.17, 15) is 18.0 Å². The van der Waals surface area contributed by atoms with Crippen molar-refractivity contribution in [2.24, 2.45) is 7.05 Å². The van der Waals surface area contributed by atoms with E-state index >= 15 is 0 Å². The Morgan fingerprint density at radius 3 is 2.76 bits per heavy atom. The fourth-order valence-corrected chi connectivity index (χ4v) is 1.83. The SMILES string of the molecule is Cn1ncc2c(OCCCC(F)(F)F)c(C(=O)O)cnc21. The van der Waals surface area contributed by atoms with Crippen LogP contribution in [0, 0.1) is 0 Å². The first kappa shape index (κ1) is 15.1. The number of fused-ring (bicyclic) bond motifs is 1. The molecule has 0 bridgehead atoms. The van der Waals surface area contributed by atoms with Crippen molar-refractivity contribution in [2.75, 3.05) is 6.61 Å². The van der Waals surface area contributed by atoms with Gasteiger partial charge in [-0.2, -0.15) is 18.3 Å². The number of pyridine rings is 1. The van der Waals surface area contributed by atoms with Gasteiger partial charge in [0.25, 0.3) is 0 Å². The number of aromatic nitrogens is 3. The molecule has 0 saturated heterocycles. The van der Waals surface area contributed by atoms with Crippen molar-refractivity contribution < 1.29 is 27.8 Å². The van der Waals surface area contributed by atoms with Gasteiger partial charge in [0.05, 0.1) is 18.2 Å². The number of hydrogen-bond donors (Lipinski definition) is 1. The Morgan fingerprint density at radius 2 is 2.14 bits per heavy atom. The molecule has 6 nitrogen and oxygen atoms in total. The average molecular weight is 303 g/mol. The molecule has 0 aliphatic rings. The van der Waals surface area contributed by atoms with Gasteiger partial charge in [-0.05, 0) is 6.42 Å². The monoisotopic (exact) mass is 303 g/mol. The number of carboxylic acid groups (broad SMARTS) is 1. The van der Waals surface area contributed by atoms with Crippen molar-refractivity contribution in [3.05, 3.63) is 18.0 Å². The molecule has 114 valence electrons. The second-order valence-corrected chi connectivity index (χ2v) is 4.38. The van der Waals surface area contributed by atoms with E-state index in [0.717, 1.165) is 6.20 Å². The number of carbonyl (C=O) groups is 1. The Labute approximate surface area is 117 Å². The molecule has 0 aromatic carbocycles. The summed E-state index contributed by atoms with van der Waals surface area (Å²) in [7, 11) is 1.61. The van der Waals surface area contributed by atoms with Crippen LogP contribution in [0.25, 0.3) is 11.0 Å². The Kier molecular flexibility index (Phi) is 4.01. The van der Waals surface area contributed by atoms with Crippen molar-refractivity contribution in [3.63, 3.8) is 0 Å². The van der Waals surface area contributed by atoms with Gasteiger partial charge in [-0.25, -0.2) is 9.78 Å². The number of ether oxygens (including phenoxy) is 1. The van der Waals surface area contributed by atoms with Crippen molar-refractivity contribution >= 4 is 17.0 Å². The summed E-state index contributed by atoms with van der Waals surface area (Å²) in [6.45, 7) is -0.242. The minimum atomic E-state index is -4.26. The van der Waals surface area contributed by atoms with E-state index in [0.29, 0.717) is 11.0 Å². The number of halogens is 3. The van der Waals surface area contributed by atoms with E-state index < -0.39 is 18.6 Å². The molecule has 2 heterocycles. The molecule has 0 saturated carbocycles. The maximum atomic E-state index is 12.1. The maximum absolute atomic E-state index is 12.1. The van der Waals surface area contributed by atoms with Gasteiger partial charge >= 0.3 is 12.1 Å². The van der Waals surface area contributed by atoms with E-state index in [1.165, 1.54) is 10.9 Å². The van der Waals surface area contributed by atoms with Crippen molar-refractivity contribution in [1.29, 1.82) is 0 Å². The third kappa shape index (κ3) is 3.41. The first-order valence-corrected chi connectivity index (χ1v) is 6.03. The van der Waals surface area contributed by atoms with Crippen LogP contribution in [0.1, 0.15) is 23.2 Å². The van der Waals surface area contributed by atoms with Gasteiger partial charge in [0.1, 0.15) is 11.3 Å². The summed E-state index contributed by atoms with van der Waals surface area (Å²) < 4.78 is 42.9. The molecule has 0 atom stereocenters. The van der Waals surface area contributed by atoms with E-state index in [4.69, 9.17) is 9.84 Å². The van der Waals surface area contributed by atoms with Crippen LogP contribution in [0.5, 0.6) is 5.75 Å². The molecule has 21 heavy (non-hydrogen) atoms. The fourth-order valence-electron chi connectivity index (χ4n) is 1.83. The van der Waals surface area contributed by atoms with E-state index in [1.54, 1.807) is 7.05 Å². The van der Waals surface area contributed by atoms with Crippen LogP contribution in [0.4, 0.5) is 13.2 Å². The van der Waals surface area contributed by atoms with E-state index in [2.05, 4.69) is 10.1 Å². The molecule has 0 fully saturated rings. The standard InChI is InChI=1S/C12H12F3N3O3/c1-18-10-7(6-17-18)9(8(5-16-10)11(19)20)21-4-2-3-12(13,14)15/h5-6H,2-4H2,1H3,(H,19,20). The van der Waals surface area contributed by atoms with Crippen LogP contribution < -0.4 is 4.74 Å². The lowest BCUT2D eigenvalue weighted by Crippen LogP contribution is -2.11. The Balaban J connectivity index is 2.23. The summed E-state index contributed by atoms with van der Waals surface area (Å²) in [5, 5.41) is 13.4. The van der Waals surface area contributed by atoms with Crippen LogP contribution in [0.3, 0.4) is 0 Å². The van der Waals surface area contributed by atoms with Crippen molar-refractivity contribution in [3.8, 4) is 5.75 Å². The van der Waals surface area contributed by atoms with E-state index in [-0.39, 0.29) is 24.3 Å². The molecule has 0 spiro atoms. The molecule has 0 aliphatic heterocycles. The van der Waals surface area contributed by atoms with Crippen molar-refractivity contribution in [1.82, 2.24) is 14.8 Å². The third-order valence-electron chi connectivity index (χ3n) is 2.79. The van der Waals surface area contributed by atoms with Gasteiger partial charge in [0.2, 0.25) is 0 Å². The second kappa shape index (κ2) is 5.58. The molecule has 2 aromatic rings. The highest BCUT2D eigenvalue weighted by molar-refractivity contribution is 5.97. The Bertz CT molecular complexity index is 667. The zero-order chi connectivity index (χ0) is 15.6. The molecule has 2 aromatic heterocycles. The molecule has 2 rings (SSSR count). The Hall–Kier alpha value is -2.32. The summed E-state index contributed by atoms with van der Waals surface area (Å²) >= 11 is 0. The highest BCUT2D eigenvalue weighted by atomic mass is 19.4. The first-order valence-electron chi connectivity index (χ1n) is 6.03. The average Bonchev–Trinajstić information content (AvgIpc) is 2.75. The first-order chi connectivity index (χ1) is 9.79. The van der Waals surface area contributed by atoms with Crippen LogP contribution in [-0.4, -0.2) is 38.6 Å². The van der Waals surface area contributed by atoms with Gasteiger partial charge in [0.15, 0.2) is 5.65 Å². The molecular formula is C12H12F3N3O3. The van der Waals surface area contributed by atoms with Crippen LogP contribution >= 0.6 is 0 Å².